The summed E-state index contributed by atoms with van der Waals surface area (Å²) in [6, 6.07) is 51.3. The molecule has 7 aromatic carbocycles. The zero-order chi connectivity index (χ0) is 41.9. The maximum atomic E-state index is 3.36. The van der Waals surface area contributed by atoms with Gasteiger partial charge >= 0.3 is 112 Å². The van der Waals surface area contributed by atoms with E-state index in [9.17, 15) is 0 Å². The van der Waals surface area contributed by atoms with E-state index in [1.807, 2.05) is 0 Å². The molecule has 7 aromatic rings. The summed E-state index contributed by atoms with van der Waals surface area (Å²) in [5.41, 5.74) is 17.7. The molecule has 8 rings (SSSR count). The summed E-state index contributed by atoms with van der Waals surface area (Å²) in [4.78, 5) is 0. The predicted octanol–water partition coefficient (Wildman–Crippen LogP) is 9.79. The third-order valence-corrected chi connectivity index (χ3v) is 13.1. The van der Waals surface area contributed by atoms with Gasteiger partial charge in [0, 0.05) is 0 Å². The van der Waals surface area contributed by atoms with Crippen molar-refractivity contribution in [1.82, 2.24) is 0 Å². The van der Waals surface area contributed by atoms with Crippen molar-refractivity contribution in [3.63, 3.8) is 0 Å². The Labute approximate surface area is 388 Å². The molecule has 1 atom stereocenters. The summed E-state index contributed by atoms with van der Waals surface area (Å²) >= 11 is 1.46. The first-order valence-corrected chi connectivity index (χ1v) is 22.0. The standard InChI is InChI=1S/C33H33.C15H14.C9H13.2ClH.Zr/c1-32(2,3)30-20-26-24(18-28(30)22-13-9-7-10-14-22)17-25-19-29(23-15-11-8-12-16-23)31(21-27(25)26)33(4,5)6;1-12-3-7-14(8-4-12)11-15-9-5-13(2)6-10-15;1-6-5-7(2)9(4)8(6)3;;;/h7-21H,1-6H3;3-10H,1-2H3;6H,1-4H3;2*1H;/q-1;;-1;;;+2/p-2. The fraction of sp³-hybridized carbons (Fsp3) is 0.263. The van der Waals surface area contributed by atoms with Crippen LogP contribution in [0.3, 0.4) is 0 Å². The Morgan fingerprint density at radius 3 is 1.18 bits per heavy atom. The van der Waals surface area contributed by atoms with Gasteiger partial charge in [-0.2, -0.15) is 11.1 Å². The number of hydrogen-bond donors (Lipinski definition) is 0. The van der Waals surface area contributed by atoms with E-state index in [1.54, 1.807) is 0 Å². The van der Waals surface area contributed by atoms with Gasteiger partial charge < -0.3 is 24.8 Å². The molecule has 0 amide bonds. The van der Waals surface area contributed by atoms with Crippen LogP contribution in [0, 0.1) is 25.8 Å². The summed E-state index contributed by atoms with van der Waals surface area (Å²) in [6.45, 7) is 26.8. The summed E-state index contributed by atoms with van der Waals surface area (Å²) in [6.07, 6.45) is 3.36. The first kappa shape index (κ1) is 48.7. The third kappa shape index (κ3) is 11.3. The van der Waals surface area contributed by atoms with E-state index in [0.29, 0.717) is 5.92 Å². The summed E-state index contributed by atoms with van der Waals surface area (Å²) in [5, 5.41) is 5.36. The number of fused-ring (bicyclic) bond motifs is 3. The van der Waals surface area contributed by atoms with Crippen LogP contribution < -0.4 is 24.8 Å². The maximum Gasteiger partial charge on any atom is -1.00 e. The number of halogens is 2. The van der Waals surface area contributed by atoms with Crippen molar-refractivity contribution in [3.05, 3.63) is 196 Å². The van der Waals surface area contributed by atoms with Crippen molar-refractivity contribution in [2.75, 3.05) is 0 Å². The molecular weight excluding hydrogens is 847 g/mol. The van der Waals surface area contributed by atoms with Crippen molar-refractivity contribution in [1.29, 1.82) is 0 Å². The van der Waals surface area contributed by atoms with Gasteiger partial charge in [0.05, 0.1) is 0 Å². The minimum atomic E-state index is 0. The van der Waals surface area contributed by atoms with Gasteiger partial charge in [-0.15, -0.1) is 46.7 Å². The van der Waals surface area contributed by atoms with Gasteiger partial charge in [0.1, 0.15) is 0 Å². The summed E-state index contributed by atoms with van der Waals surface area (Å²) < 4.78 is 1.42. The van der Waals surface area contributed by atoms with Crippen LogP contribution >= 0.6 is 0 Å². The largest absolute Gasteiger partial charge is 1.00 e. The molecular formula is C57H60Cl2Zr-2. The molecule has 0 nitrogen and oxygen atoms in total. The van der Waals surface area contributed by atoms with Crippen LogP contribution in [0.5, 0.6) is 0 Å². The Kier molecular flexibility index (Phi) is 16.4. The second-order valence-electron chi connectivity index (χ2n) is 18.3. The maximum absolute atomic E-state index is 3.36. The van der Waals surface area contributed by atoms with Gasteiger partial charge in [0.2, 0.25) is 0 Å². The molecule has 0 spiro atoms. The molecule has 3 heteroatoms. The molecule has 0 heterocycles. The van der Waals surface area contributed by atoms with Crippen molar-refractivity contribution in [3.8, 4) is 22.3 Å². The van der Waals surface area contributed by atoms with Crippen molar-refractivity contribution in [2.24, 2.45) is 5.92 Å². The van der Waals surface area contributed by atoms with Gasteiger partial charge in [0.25, 0.3) is 0 Å². The smallest absolute Gasteiger partial charge is 1.00 e. The zero-order valence-corrected chi connectivity index (χ0v) is 41.6. The Balaban J connectivity index is 0.000000244. The first-order chi connectivity index (χ1) is 27.4. The monoisotopic (exact) mass is 904 g/mol. The van der Waals surface area contributed by atoms with Crippen molar-refractivity contribution in [2.45, 2.75) is 93.9 Å². The molecule has 0 aliphatic heterocycles. The molecule has 1 aliphatic carbocycles. The Bertz CT molecular complexity index is 2450. The van der Waals surface area contributed by atoms with Gasteiger partial charge in [-0.05, 0) is 44.2 Å². The van der Waals surface area contributed by atoms with Gasteiger partial charge in [-0.3, -0.25) is 6.08 Å². The SMILES string of the molecule is CC(C)(C)c1cc2c(cc1-c1ccccc1)[cH-]c1cc(-c3ccccc3)c(C(C)(C)C)cc12.CC1=[C-]C(C)C(C)=C1C.Cc1ccc([C](=[Zr+2])c2ccc(C)cc2)cc1.[Cl-].[Cl-]. The molecule has 0 saturated carbocycles. The number of allylic oxidation sites excluding steroid dienone is 4. The van der Waals surface area contributed by atoms with E-state index in [2.05, 4.69) is 229 Å². The van der Waals surface area contributed by atoms with Crippen LogP contribution in [0.4, 0.5) is 0 Å². The van der Waals surface area contributed by atoms with Crippen molar-refractivity contribution >= 4 is 24.8 Å². The molecule has 0 saturated heterocycles. The number of benzene rings is 6. The van der Waals surface area contributed by atoms with E-state index < -0.39 is 0 Å². The topological polar surface area (TPSA) is 0 Å². The number of hydrogen-bond acceptors (Lipinski definition) is 0. The van der Waals surface area contributed by atoms with Gasteiger partial charge in [-0.1, -0.05) is 141 Å². The Morgan fingerprint density at radius 1 is 0.533 bits per heavy atom. The van der Waals surface area contributed by atoms with E-state index in [0.717, 1.165) is 0 Å². The molecule has 60 heavy (non-hydrogen) atoms. The molecule has 0 aromatic heterocycles. The molecule has 0 radical (unpaired) electrons. The average Bonchev–Trinajstić information content (AvgIpc) is 3.67. The molecule has 0 N–H and O–H groups in total. The van der Waals surface area contributed by atoms with E-state index in [-0.39, 0.29) is 35.6 Å². The predicted molar refractivity (Wildman–Crippen MR) is 251 cm³/mol. The second kappa shape index (κ2) is 20.2. The second-order valence-corrected chi connectivity index (χ2v) is 19.5. The van der Waals surface area contributed by atoms with Crippen LogP contribution in [0.15, 0.2) is 156 Å². The molecule has 1 unspecified atom stereocenters. The van der Waals surface area contributed by atoms with E-state index >= 15 is 0 Å². The van der Waals surface area contributed by atoms with E-state index in [1.165, 1.54) is 121 Å². The number of rotatable bonds is 4. The summed E-state index contributed by atoms with van der Waals surface area (Å²) in [7, 11) is 0. The van der Waals surface area contributed by atoms with Crippen LogP contribution in [0.1, 0.15) is 103 Å². The van der Waals surface area contributed by atoms with Gasteiger partial charge in [0.15, 0.2) is 0 Å². The zero-order valence-electron chi connectivity index (χ0n) is 37.6. The Hall–Kier alpha value is -4.00. The van der Waals surface area contributed by atoms with Crippen LogP contribution in [0.2, 0.25) is 0 Å². The molecule has 0 bridgehead atoms. The molecule has 1 aliphatic rings. The quantitative estimate of drug-likeness (QED) is 0.155. The first-order valence-electron chi connectivity index (χ1n) is 20.8. The summed E-state index contributed by atoms with van der Waals surface area (Å²) in [5.74, 6) is 0.560. The van der Waals surface area contributed by atoms with E-state index in [4.69, 9.17) is 0 Å². The fourth-order valence-electron chi connectivity index (χ4n) is 7.83. The average molecular weight is 907 g/mol. The van der Waals surface area contributed by atoms with Crippen LogP contribution in [-0.4, -0.2) is 3.21 Å². The molecule has 0 fully saturated rings. The number of aryl methyl sites for hydroxylation is 2. The third-order valence-electron chi connectivity index (χ3n) is 11.7. The van der Waals surface area contributed by atoms with Gasteiger partial charge in [-0.25, -0.2) is 5.57 Å². The molecule has 308 valence electrons. The minimum Gasteiger partial charge on any atom is -1.00 e. The van der Waals surface area contributed by atoms with Crippen molar-refractivity contribution < 1.29 is 49.0 Å². The van der Waals surface area contributed by atoms with Crippen LogP contribution in [-0.2, 0) is 35.1 Å². The van der Waals surface area contributed by atoms with Crippen LogP contribution in [0.25, 0.3) is 43.8 Å². The Morgan fingerprint density at radius 2 is 0.900 bits per heavy atom. The minimum absolute atomic E-state index is 0. The normalized spacial score (nSPS) is 13.7. The fourth-order valence-corrected chi connectivity index (χ4v) is 8.65.